The number of nitrogens with zero attached hydrogens (tertiary/aromatic N) is 2. The summed E-state index contributed by atoms with van der Waals surface area (Å²) in [5.41, 5.74) is 4.31. The topological polar surface area (TPSA) is 40.6 Å². The standard InChI is InChI=1S/C26H23FN2O2/c1-4-28(21-10-6-5-7-11-21)24-23(19-13-15-20(27)16-14-19)25(30)29(26(24)31)22-12-8-9-17(2)18(22)3/h5-16H,4H2,1-3H3. The van der Waals surface area contributed by atoms with Crippen LogP contribution in [0.1, 0.15) is 23.6 Å². The molecule has 2 amide bonds. The van der Waals surface area contributed by atoms with Crippen molar-refractivity contribution in [2.24, 2.45) is 0 Å². The molecule has 0 unspecified atom stereocenters. The van der Waals surface area contributed by atoms with Gasteiger partial charge in [0.1, 0.15) is 11.5 Å². The fourth-order valence-electron chi connectivity index (χ4n) is 3.92. The molecule has 0 fully saturated rings. The number of benzene rings is 3. The largest absolute Gasteiger partial charge is 0.337 e. The molecule has 0 saturated carbocycles. The van der Waals surface area contributed by atoms with Gasteiger partial charge in [0.15, 0.2) is 0 Å². The van der Waals surface area contributed by atoms with Crippen molar-refractivity contribution in [2.45, 2.75) is 20.8 Å². The van der Waals surface area contributed by atoms with Gasteiger partial charge in [0.2, 0.25) is 0 Å². The van der Waals surface area contributed by atoms with Crippen molar-refractivity contribution in [3.8, 4) is 0 Å². The molecule has 3 aromatic rings. The molecule has 156 valence electrons. The van der Waals surface area contributed by atoms with E-state index in [0.717, 1.165) is 16.8 Å². The molecule has 0 bridgehead atoms. The smallest absolute Gasteiger partial charge is 0.282 e. The zero-order valence-corrected chi connectivity index (χ0v) is 17.7. The first-order chi connectivity index (χ1) is 14.9. The summed E-state index contributed by atoms with van der Waals surface area (Å²) in [5, 5.41) is 0. The van der Waals surface area contributed by atoms with Crippen molar-refractivity contribution in [3.05, 3.63) is 101 Å². The van der Waals surface area contributed by atoms with E-state index in [2.05, 4.69) is 0 Å². The molecule has 1 heterocycles. The van der Waals surface area contributed by atoms with Gasteiger partial charge >= 0.3 is 0 Å². The minimum atomic E-state index is -0.408. The van der Waals surface area contributed by atoms with Gasteiger partial charge in [0.25, 0.3) is 11.8 Å². The second kappa shape index (κ2) is 8.19. The summed E-state index contributed by atoms with van der Waals surface area (Å²) in [5.74, 6) is -1.19. The summed E-state index contributed by atoms with van der Waals surface area (Å²) in [6.07, 6.45) is 0. The molecule has 0 aromatic heterocycles. The number of carbonyl (C=O) groups is 2. The summed E-state index contributed by atoms with van der Waals surface area (Å²) in [6, 6.07) is 20.7. The Bertz CT molecular complexity index is 1180. The quantitative estimate of drug-likeness (QED) is 0.535. The molecule has 4 rings (SSSR count). The van der Waals surface area contributed by atoms with Gasteiger partial charge in [0, 0.05) is 12.2 Å². The van der Waals surface area contributed by atoms with Crippen LogP contribution in [-0.4, -0.2) is 18.4 Å². The van der Waals surface area contributed by atoms with E-state index in [1.807, 2.05) is 68.1 Å². The molecule has 0 radical (unpaired) electrons. The highest BCUT2D eigenvalue weighted by atomic mass is 19.1. The van der Waals surface area contributed by atoms with Gasteiger partial charge in [-0.25, -0.2) is 9.29 Å². The van der Waals surface area contributed by atoms with Crippen molar-refractivity contribution in [2.75, 3.05) is 16.3 Å². The Morgan fingerprint density at radius 1 is 0.839 bits per heavy atom. The van der Waals surface area contributed by atoms with E-state index in [4.69, 9.17) is 0 Å². The highest BCUT2D eigenvalue weighted by molar-refractivity contribution is 6.46. The molecule has 0 spiro atoms. The first-order valence-corrected chi connectivity index (χ1v) is 10.2. The molecule has 3 aromatic carbocycles. The Balaban J connectivity index is 1.93. The fraction of sp³-hybridized carbons (Fsp3) is 0.154. The third-order valence-electron chi connectivity index (χ3n) is 5.66. The van der Waals surface area contributed by atoms with E-state index in [0.29, 0.717) is 23.5 Å². The number of carbonyl (C=O) groups excluding carboxylic acids is 2. The molecule has 0 aliphatic carbocycles. The first-order valence-electron chi connectivity index (χ1n) is 10.2. The summed E-state index contributed by atoms with van der Waals surface area (Å²) in [7, 11) is 0. The number of hydrogen-bond donors (Lipinski definition) is 0. The highest BCUT2D eigenvalue weighted by Gasteiger charge is 2.43. The van der Waals surface area contributed by atoms with Crippen LogP contribution in [-0.2, 0) is 9.59 Å². The predicted octanol–water partition coefficient (Wildman–Crippen LogP) is 5.25. The second-order valence-corrected chi connectivity index (χ2v) is 7.48. The molecule has 1 aliphatic heterocycles. The molecule has 1 aliphatic rings. The summed E-state index contributed by atoms with van der Waals surface area (Å²) < 4.78 is 13.6. The maximum atomic E-state index is 13.7. The van der Waals surface area contributed by atoms with Crippen LogP contribution in [0.3, 0.4) is 0 Å². The molecule has 4 nitrogen and oxygen atoms in total. The third-order valence-corrected chi connectivity index (χ3v) is 5.66. The van der Waals surface area contributed by atoms with E-state index in [-0.39, 0.29) is 11.5 Å². The highest BCUT2D eigenvalue weighted by Crippen LogP contribution is 2.38. The summed E-state index contributed by atoms with van der Waals surface area (Å²) in [6.45, 7) is 6.27. The Kier molecular flexibility index (Phi) is 5.42. The molecule has 31 heavy (non-hydrogen) atoms. The minimum absolute atomic E-state index is 0.275. The van der Waals surface area contributed by atoms with Crippen LogP contribution in [0.5, 0.6) is 0 Å². The first kappa shape index (κ1) is 20.5. The predicted molar refractivity (Wildman–Crippen MR) is 121 cm³/mol. The van der Waals surface area contributed by atoms with Gasteiger partial charge in [0.05, 0.1) is 11.3 Å². The molecule has 0 saturated heterocycles. The number of amides is 2. The van der Waals surface area contributed by atoms with E-state index >= 15 is 0 Å². The van der Waals surface area contributed by atoms with Crippen molar-refractivity contribution in [1.82, 2.24) is 0 Å². The Morgan fingerprint density at radius 2 is 1.52 bits per heavy atom. The van der Waals surface area contributed by atoms with Crippen LogP contribution in [0.4, 0.5) is 15.8 Å². The van der Waals surface area contributed by atoms with Crippen molar-refractivity contribution >= 4 is 28.8 Å². The van der Waals surface area contributed by atoms with Gasteiger partial charge < -0.3 is 4.90 Å². The maximum absolute atomic E-state index is 13.7. The average molecular weight is 414 g/mol. The van der Waals surface area contributed by atoms with Crippen LogP contribution < -0.4 is 9.80 Å². The molecule has 5 heteroatoms. The SMILES string of the molecule is CCN(C1=C(c2ccc(F)cc2)C(=O)N(c2cccc(C)c2C)C1=O)c1ccccc1. The molecule has 0 atom stereocenters. The number of para-hydroxylation sites is 1. The zero-order valence-electron chi connectivity index (χ0n) is 17.7. The van der Waals surface area contributed by atoms with Gasteiger partial charge in [-0.05, 0) is 67.8 Å². The Morgan fingerprint density at radius 3 is 2.16 bits per heavy atom. The monoisotopic (exact) mass is 414 g/mol. The summed E-state index contributed by atoms with van der Waals surface area (Å²) in [4.78, 5) is 30.5. The van der Waals surface area contributed by atoms with Crippen LogP contribution in [0.25, 0.3) is 5.57 Å². The van der Waals surface area contributed by atoms with E-state index in [1.54, 1.807) is 18.2 Å². The number of halogens is 1. The lowest BCUT2D eigenvalue weighted by Gasteiger charge is -2.25. The number of likely N-dealkylation sites (N-methyl/N-ethyl adjacent to an activating group) is 1. The average Bonchev–Trinajstić information content (AvgIpc) is 3.02. The Hall–Kier alpha value is -3.73. The third kappa shape index (κ3) is 3.52. The molecule has 0 N–H and O–H groups in total. The van der Waals surface area contributed by atoms with Crippen LogP contribution in [0.15, 0.2) is 78.5 Å². The van der Waals surface area contributed by atoms with E-state index in [1.165, 1.54) is 17.0 Å². The number of imide groups is 1. The molecular weight excluding hydrogens is 391 g/mol. The minimum Gasteiger partial charge on any atom is -0.337 e. The van der Waals surface area contributed by atoms with E-state index < -0.39 is 11.7 Å². The maximum Gasteiger partial charge on any atom is 0.282 e. The van der Waals surface area contributed by atoms with Crippen molar-refractivity contribution in [1.29, 1.82) is 0 Å². The number of rotatable bonds is 5. The van der Waals surface area contributed by atoms with Gasteiger partial charge in [-0.2, -0.15) is 0 Å². The number of hydrogen-bond acceptors (Lipinski definition) is 3. The van der Waals surface area contributed by atoms with Crippen molar-refractivity contribution < 1.29 is 14.0 Å². The lowest BCUT2D eigenvalue weighted by Crippen LogP contribution is -2.35. The van der Waals surface area contributed by atoms with Crippen LogP contribution in [0.2, 0.25) is 0 Å². The van der Waals surface area contributed by atoms with Gasteiger partial charge in [-0.3, -0.25) is 9.59 Å². The van der Waals surface area contributed by atoms with Crippen LogP contribution >= 0.6 is 0 Å². The van der Waals surface area contributed by atoms with Crippen LogP contribution in [0, 0.1) is 19.7 Å². The fourth-order valence-corrected chi connectivity index (χ4v) is 3.92. The van der Waals surface area contributed by atoms with Gasteiger partial charge in [-0.15, -0.1) is 0 Å². The number of anilines is 2. The van der Waals surface area contributed by atoms with Crippen molar-refractivity contribution in [3.63, 3.8) is 0 Å². The lowest BCUT2D eigenvalue weighted by atomic mass is 10.0. The zero-order chi connectivity index (χ0) is 22.1. The van der Waals surface area contributed by atoms with Gasteiger partial charge in [-0.1, -0.05) is 42.5 Å². The Labute approximate surface area is 181 Å². The normalized spacial score (nSPS) is 13.9. The van der Waals surface area contributed by atoms with E-state index in [9.17, 15) is 14.0 Å². The lowest BCUT2D eigenvalue weighted by molar-refractivity contribution is -0.120. The number of aryl methyl sites for hydroxylation is 1. The second-order valence-electron chi connectivity index (χ2n) is 7.48. The molecular formula is C26H23FN2O2. The summed E-state index contributed by atoms with van der Waals surface area (Å²) >= 11 is 0.